The summed E-state index contributed by atoms with van der Waals surface area (Å²) in [5.74, 6) is -0.323. The summed E-state index contributed by atoms with van der Waals surface area (Å²) in [5, 5.41) is 0. The van der Waals surface area contributed by atoms with Crippen LogP contribution in [0.25, 0.3) is 0 Å². The zero-order valence-corrected chi connectivity index (χ0v) is 16.5. The number of unbranched alkanes of at least 4 members (excludes halogenated alkanes) is 4. The van der Waals surface area contributed by atoms with E-state index >= 15 is 0 Å². The van der Waals surface area contributed by atoms with Crippen molar-refractivity contribution in [2.24, 2.45) is 0 Å². The summed E-state index contributed by atoms with van der Waals surface area (Å²) in [6.07, 6.45) is 5.64. The molecule has 0 saturated heterocycles. The van der Waals surface area contributed by atoms with Crippen molar-refractivity contribution in [3.8, 4) is 0 Å². The molecule has 0 aromatic carbocycles. The van der Waals surface area contributed by atoms with Crippen molar-refractivity contribution in [2.75, 3.05) is 26.4 Å². The van der Waals surface area contributed by atoms with Crippen LogP contribution in [0, 0.1) is 0 Å². The predicted molar refractivity (Wildman–Crippen MR) is 94.1 cm³/mol. The SMILES string of the molecule is CCCCCCCOC(=O)C(C)=C[Si](OCC)(OCC)OCC. The monoisotopic (exact) mass is 346 g/mol. The van der Waals surface area contributed by atoms with Crippen molar-refractivity contribution in [3.05, 3.63) is 11.3 Å². The molecule has 136 valence electrons. The van der Waals surface area contributed by atoms with Gasteiger partial charge in [0.2, 0.25) is 0 Å². The average molecular weight is 347 g/mol. The molecule has 0 aliphatic carbocycles. The second-order valence-electron chi connectivity index (χ2n) is 5.28. The molecule has 0 radical (unpaired) electrons. The van der Waals surface area contributed by atoms with E-state index in [0.717, 1.165) is 12.8 Å². The van der Waals surface area contributed by atoms with E-state index in [1.807, 2.05) is 20.8 Å². The lowest BCUT2D eigenvalue weighted by molar-refractivity contribution is -0.139. The van der Waals surface area contributed by atoms with Crippen molar-refractivity contribution >= 4 is 14.8 Å². The van der Waals surface area contributed by atoms with Crippen LogP contribution >= 0.6 is 0 Å². The molecule has 0 saturated carbocycles. The van der Waals surface area contributed by atoms with Gasteiger partial charge in [0.05, 0.1) is 6.61 Å². The minimum absolute atomic E-state index is 0.323. The Labute approximate surface area is 142 Å². The molecule has 0 bridgehead atoms. The lowest BCUT2D eigenvalue weighted by Crippen LogP contribution is -2.45. The Bertz CT molecular complexity index is 327. The first-order chi connectivity index (χ1) is 11.0. The van der Waals surface area contributed by atoms with E-state index in [-0.39, 0.29) is 5.97 Å². The maximum atomic E-state index is 12.1. The van der Waals surface area contributed by atoms with Gasteiger partial charge >= 0.3 is 14.8 Å². The molecule has 0 atom stereocenters. The van der Waals surface area contributed by atoms with E-state index in [1.165, 1.54) is 19.3 Å². The number of rotatable bonds is 14. The largest absolute Gasteiger partial charge is 0.530 e. The van der Waals surface area contributed by atoms with Gasteiger partial charge in [0.1, 0.15) is 0 Å². The standard InChI is InChI=1S/C17H34O5Si/c1-6-10-11-12-13-14-19-17(18)16(5)15-23(20-7-2,21-8-3)22-9-4/h15H,6-14H2,1-5H3. The third kappa shape index (κ3) is 9.91. The fraction of sp³-hybridized carbons (Fsp3) is 0.824. The van der Waals surface area contributed by atoms with Gasteiger partial charge in [-0.3, -0.25) is 0 Å². The Morgan fingerprint density at radius 3 is 1.87 bits per heavy atom. The smallest absolute Gasteiger partial charge is 0.462 e. The second-order valence-corrected chi connectivity index (χ2v) is 7.64. The van der Waals surface area contributed by atoms with Crippen LogP contribution < -0.4 is 0 Å². The highest BCUT2D eigenvalue weighted by molar-refractivity contribution is 6.66. The van der Waals surface area contributed by atoms with E-state index in [9.17, 15) is 4.79 Å². The molecule has 0 aromatic heterocycles. The first kappa shape index (κ1) is 22.3. The van der Waals surface area contributed by atoms with Gasteiger partial charge in [0.25, 0.3) is 0 Å². The number of carbonyl (C=O) groups excluding carboxylic acids is 1. The van der Waals surface area contributed by atoms with Gasteiger partial charge in [-0.15, -0.1) is 0 Å². The molecule has 23 heavy (non-hydrogen) atoms. The van der Waals surface area contributed by atoms with Crippen LogP contribution in [0.15, 0.2) is 11.3 Å². The van der Waals surface area contributed by atoms with Crippen molar-refractivity contribution in [1.29, 1.82) is 0 Å². The van der Waals surface area contributed by atoms with Crippen LogP contribution in [0.4, 0.5) is 0 Å². The van der Waals surface area contributed by atoms with Gasteiger partial charge in [0, 0.05) is 25.4 Å². The van der Waals surface area contributed by atoms with Crippen molar-refractivity contribution < 1.29 is 22.8 Å². The molecule has 0 aliphatic heterocycles. The van der Waals surface area contributed by atoms with E-state index < -0.39 is 8.80 Å². The highest BCUT2D eigenvalue weighted by atomic mass is 28.4. The summed E-state index contributed by atoms with van der Waals surface area (Å²) in [4.78, 5) is 12.1. The molecule has 0 aliphatic rings. The van der Waals surface area contributed by atoms with Crippen LogP contribution in [0.5, 0.6) is 0 Å². The van der Waals surface area contributed by atoms with Gasteiger partial charge in [-0.25, -0.2) is 4.79 Å². The number of hydrogen-bond donors (Lipinski definition) is 0. The van der Waals surface area contributed by atoms with Crippen molar-refractivity contribution in [3.63, 3.8) is 0 Å². The molecule has 0 fully saturated rings. The number of hydrogen-bond acceptors (Lipinski definition) is 5. The Balaban J connectivity index is 4.55. The van der Waals surface area contributed by atoms with Gasteiger partial charge in [-0.2, -0.15) is 0 Å². The fourth-order valence-corrected chi connectivity index (χ4v) is 4.52. The number of esters is 1. The lowest BCUT2D eigenvalue weighted by atomic mass is 10.2. The molecular weight excluding hydrogens is 312 g/mol. The molecule has 0 amide bonds. The van der Waals surface area contributed by atoms with Gasteiger partial charge < -0.3 is 18.0 Å². The molecule has 0 spiro atoms. The third-order valence-electron chi connectivity index (χ3n) is 3.23. The molecule has 5 nitrogen and oxygen atoms in total. The Morgan fingerprint density at radius 2 is 1.39 bits per heavy atom. The first-order valence-corrected chi connectivity index (χ1v) is 10.6. The zero-order valence-electron chi connectivity index (χ0n) is 15.5. The Kier molecular flexibility index (Phi) is 13.3. The highest BCUT2D eigenvalue weighted by Gasteiger charge is 2.39. The minimum Gasteiger partial charge on any atom is -0.462 e. The van der Waals surface area contributed by atoms with Gasteiger partial charge in [-0.1, -0.05) is 32.6 Å². The minimum atomic E-state index is -2.95. The van der Waals surface area contributed by atoms with Gasteiger partial charge in [-0.05, 0) is 39.8 Å². The number of carbonyl (C=O) groups is 1. The summed E-state index contributed by atoms with van der Waals surface area (Å²) in [6.45, 7) is 11.4. The molecule has 0 aromatic rings. The van der Waals surface area contributed by atoms with Crippen LogP contribution in [0.2, 0.25) is 0 Å². The van der Waals surface area contributed by atoms with Crippen LogP contribution in [0.3, 0.4) is 0 Å². The molecule has 0 rings (SSSR count). The highest BCUT2D eigenvalue weighted by Crippen LogP contribution is 2.15. The Hall–Kier alpha value is -0.693. The van der Waals surface area contributed by atoms with Crippen molar-refractivity contribution in [2.45, 2.75) is 66.7 Å². The fourth-order valence-electron chi connectivity index (χ4n) is 2.16. The summed E-state index contributed by atoms with van der Waals surface area (Å²) < 4.78 is 22.4. The maximum absolute atomic E-state index is 12.1. The summed E-state index contributed by atoms with van der Waals surface area (Å²) in [7, 11) is -2.95. The summed E-state index contributed by atoms with van der Waals surface area (Å²) in [6, 6.07) is 0. The number of ether oxygens (including phenoxy) is 1. The van der Waals surface area contributed by atoms with Crippen LogP contribution in [0.1, 0.15) is 66.7 Å². The topological polar surface area (TPSA) is 54.0 Å². The normalized spacial score (nSPS) is 12.5. The van der Waals surface area contributed by atoms with Crippen LogP contribution in [-0.4, -0.2) is 41.2 Å². The van der Waals surface area contributed by atoms with E-state index in [2.05, 4.69) is 6.92 Å². The lowest BCUT2D eigenvalue weighted by Gasteiger charge is -2.25. The molecule has 6 heteroatoms. The van der Waals surface area contributed by atoms with Gasteiger partial charge in [0.15, 0.2) is 0 Å². The molecule has 0 unspecified atom stereocenters. The predicted octanol–water partition coefficient (Wildman–Crippen LogP) is 4.03. The maximum Gasteiger partial charge on any atom is 0.530 e. The Morgan fingerprint density at radius 1 is 0.870 bits per heavy atom. The van der Waals surface area contributed by atoms with E-state index in [4.69, 9.17) is 18.0 Å². The van der Waals surface area contributed by atoms with E-state index in [0.29, 0.717) is 32.0 Å². The summed E-state index contributed by atoms with van der Waals surface area (Å²) in [5.41, 5.74) is 2.18. The third-order valence-corrected chi connectivity index (χ3v) is 6.09. The first-order valence-electron chi connectivity index (χ1n) is 8.83. The zero-order chi connectivity index (χ0) is 17.6. The molecule has 0 heterocycles. The second kappa shape index (κ2) is 13.7. The van der Waals surface area contributed by atoms with E-state index in [1.54, 1.807) is 12.6 Å². The summed E-state index contributed by atoms with van der Waals surface area (Å²) >= 11 is 0. The molecular formula is C17H34O5Si. The van der Waals surface area contributed by atoms with Crippen LogP contribution in [-0.2, 0) is 22.8 Å². The molecule has 0 N–H and O–H groups in total. The average Bonchev–Trinajstić information content (AvgIpc) is 2.51. The quantitative estimate of drug-likeness (QED) is 0.206. The van der Waals surface area contributed by atoms with Crippen molar-refractivity contribution in [1.82, 2.24) is 0 Å².